The van der Waals surface area contributed by atoms with Gasteiger partial charge in [0.2, 0.25) is 6.41 Å². The molecule has 0 saturated heterocycles. The Morgan fingerprint density at radius 2 is 1.70 bits per heavy atom. The van der Waals surface area contributed by atoms with Crippen molar-refractivity contribution < 1.29 is 23.3 Å². The second-order valence-electron chi connectivity index (χ2n) is 0.970. The van der Waals surface area contributed by atoms with Crippen molar-refractivity contribution in [2.45, 2.75) is 0 Å². The van der Waals surface area contributed by atoms with E-state index in [1.165, 1.54) is 0 Å². The van der Waals surface area contributed by atoms with Crippen molar-refractivity contribution in [2.24, 2.45) is 5.73 Å². The molecule has 0 unspecified atom stereocenters. The van der Waals surface area contributed by atoms with Crippen LogP contribution in [0.2, 0.25) is 0 Å². The van der Waals surface area contributed by atoms with Gasteiger partial charge in [-0.3, -0.25) is 13.8 Å². The van der Waals surface area contributed by atoms with Crippen molar-refractivity contribution in [1.29, 1.82) is 0 Å². The zero-order chi connectivity index (χ0) is 8.62. The molecule has 0 atom stereocenters. The molecule has 0 aromatic rings. The summed E-state index contributed by atoms with van der Waals surface area (Å²) in [5, 5.41) is 0. The number of amides is 1. The molecule has 0 spiro atoms. The smallest absolute Gasteiger partial charge is 0.372 e. The van der Waals surface area contributed by atoms with Gasteiger partial charge in [0.1, 0.15) is 0 Å². The van der Waals surface area contributed by atoms with Crippen molar-refractivity contribution in [2.75, 3.05) is 14.2 Å². The first-order chi connectivity index (χ1) is 4.54. The number of phosphoric acid groups is 1. The van der Waals surface area contributed by atoms with E-state index >= 15 is 0 Å². The van der Waals surface area contributed by atoms with Crippen LogP contribution in [0.3, 0.4) is 0 Å². The largest absolute Gasteiger partial charge is 0.471 e. The van der Waals surface area contributed by atoms with Crippen LogP contribution in [-0.2, 0) is 18.4 Å². The first-order valence-corrected chi connectivity index (χ1v) is 3.63. The van der Waals surface area contributed by atoms with Crippen molar-refractivity contribution in [3.63, 3.8) is 0 Å². The summed E-state index contributed by atoms with van der Waals surface area (Å²) in [5.41, 5.74) is 4.17. The third kappa shape index (κ3) is 10.5. The molecular formula is C3H10NO5P. The number of carbonyl (C=O) groups is 1. The monoisotopic (exact) mass is 171 g/mol. The lowest BCUT2D eigenvalue weighted by molar-refractivity contribution is -0.106. The number of nitrogens with two attached hydrogens (primary N) is 1. The van der Waals surface area contributed by atoms with Gasteiger partial charge >= 0.3 is 7.82 Å². The standard InChI is InChI=1S/C2H7O4P.CH3NO/c1-5-7(3,4)6-2;2-1-3/h1-2H3,(H,3,4);1H,(H2,2,3). The normalized spacial score (nSPS) is 9.50. The Hall–Kier alpha value is -0.420. The summed E-state index contributed by atoms with van der Waals surface area (Å²) in [6.45, 7) is 0. The Kier molecular flexibility index (Phi) is 8.22. The number of phosphoric ester groups is 1. The van der Waals surface area contributed by atoms with E-state index < -0.39 is 7.82 Å². The lowest BCUT2D eigenvalue weighted by Gasteiger charge is -2.01. The highest BCUT2D eigenvalue weighted by atomic mass is 31.2. The second-order valence-corrected chi connectivity index (χ2v) is 2.64. The molecule has 0 aromatic carbocycles. The highest BCUT2D eigenvalue weighted by Gasteiger charge is 2.13. The summed E-state index contributed by atoms with van der Waals surface area (Å²) in [7, 11) is -1.45. The molecule has 0 aromatic heterocycles. The van der Waals surface area contributed by atoms with E-state index in [1.54, 1.807) is 0 Å². The van der Waals surface area contributed by atoms with E-state index in [0.29, 0.717) is 0 Å². The maximum absolute atomic E-state index is 10.1. The lowest BCUT2D eigenvalue weighted by atomic mass is 11.5. The van der Waals surface area contributed by atoms with Gasteiger partial charge in [-0.25, -0.2) is 4.57 Å². The summed E-state index contributed by atoms with van der Waals surface area (Å²) in [6.07, 6.45) is 0.250. The summed E-state index contributed by atoms with van der Waals surface area (Å²) >= 11 is 0. The van der Waals surface area contributed by atoms with Gasteiger partial charge in [0, 0.05) is 14.2 Å². The third-order valence-corrected chi connectivity index (χ3v) is 1.38. The molecule has 0 aliphatic heterocycles. The van der Waals surface area contributed by atoms with Gasteiger partial charge in [-0.15, -0.1) is 0 Å². The van der Waals surface area contributed by atoms with Crippen molar-refractivity contribution in [1.82, 2.24) is 0 Å². The van der Waals surface area contributed by atoms with E-state index in [1.807, 2.05) is 0 Å². The Labute approximate surface area is 58.5 Å². The number of primary amides is 1. The van der Waals surface area contributed by atoms with Crippen LogP contribution in [0.1, 0.15) is 0 Å². The molecule has 0 heterocycles. The third-order valence-electron chi connectivity index (χ3n) is 0.461. The molecule has 7 heteroatoms. The zero-order valence-corrected chi connectivity index (χ0v) is 6.58. The minimum absolute atomic E-state index is 0.250. The Balaban J connectivity index is 0. The topological polar surface area (TPSA) is 98.8 Å². The lowest BCUT2D eigenvalue weighted by Crippen LogP contribution is -1.83. The fraction of sp³-hybridized carbons (Fsp3) is 0.667. The Bertz CT molecular complexity index is 118. The molecule has 0 rings (SSSR count). The van der Waals surface area contributed by atoms with Crippen LogP contribution in [0.4, 0.5) is 0 Å². The summed E-state index contributed by atoms with van der Waals surface area (Å²) in [6, 6.07) is 0. The maximum atomic E-state index is 10.1. The summed E-state index contributed by atoms with van der Waals surface area (Å²) in [4.78, 5) is 16.8. The molecule has 3 N–H and O–H groups in total. The predicted octanol–water partition coefficient (Wildman–Crippen LogP) is -0.519. The fourth-order valence-electron chi connectivity index (χ4n) is 0.0745. The maximum Gasteiger partial charge on any atom is 0.471 e. The van der Waals surface area contributed by atoms with E-state index in [-0.39, 0.29) is 6.41 Å². The Morgan fingerprint density at radius 3 is 1.70 bits per heavy atom. The molecule has 6 nitrogen and oxygen atoms in total. The fourth-order valence-corrected chi connectivity index (χ4v) is 0.224. The molecule has 0 aliphatic rings. The van der Waals surface area contributed by atoms with Crippen LogP contribution >= 0.6 is 7.82 Å². The first kappa shape index (κ1) is 12.3. The SMILES string of the molecule is COP(=O)(O)OC.NC=O. The molecular weight excluding hydrogens is 161 g/mol. The average molecular weight is 171 g/mol. The molecule has 0 aliphatic carbocycles. The Morgan fingerprint density at radius 1 is 1.50 bits per heavy atom. The van der Waals surface area contributed by atoms with Crippen LogP contribution in [-0.4, -0.2) is 25.5 Å². The highest BCUT2D eigenvalue weighted by molar-refractivity contribution is 7.47. The number of hydrogen-bond donors (Lipinski definition) is 2. The van der Waals surface area contributed by atoms with Gasteiger partial charge < -0.3 is 10.6 Å². The van der Waals surface area contributed by atoms with Crippen LogP contribution in [0.25, 0.3) is 0 Å². The minimum atomic E-state index is -3.65. The van der Waals surface area contributed by atoms with Crippen molar-refractivity contribution in [3.8, 4) is 0 Å². The van der Waals surface area contributed by atoms with Crippen LogP contribution in [0.15, 0.2) is 0 Å². The minimum Gasteiger partial charge on any atom is -0.372 e. The van der Waals surface area contributed by atoms with Crippen LogP contribution in [0.5, 0.6) is 0 Å². The zero-order valence-electron chi connectivity index (χ0n) is 5.68. The van der Waals surface area contributed by atoms with E-state index in [9.17, 15) is 4.57 Å². The highest BCUT2D eigenvalue weighted by Crippen LogP contribution is 2.40. The van der Waals surface area contributed by atoms with E-state index in [4.69, 9.17) is 9.69 Å². The summed E-state index contributed by atoms with van der Waals surface area (Å²) < 4.78 is 18.0. The number of carbonyl (C=O) groups excluding carboxylic acids is 1. The molecule has 10 heavy (non-hydrogen) atoms. The van der Waals surface area contributed by atoms with Crippen molar-refractivity contribution in [3.05, 3.63) is 0 Å². The predicted molar refractivity (Wildman–Crippen MR) is 34.1 cm³/mol. The second kappa shape index (κ2) is 6.70. The van der Waals surface area contributed by atoms with Gasteiger partial charge in [-0.2, -0.15) is 0 Å². The van der Waals surface area contributed by atoms with Gasteiger partial charge in [0.15, 0.2) is 0 Å². The van der Waals surface area contributed by atoms with Gasteiger partial charge in [-0.05, 0) is 0 Å². The number of hydrogen-bond acceptors (Lipinski definition) is 4. The number of rotatable bonds is 2. The molecule has 0 saturated carbocycles. The molecule has 62 valence electrons. The van der Waals surface area contributed by atoms with Crippen LogP contribution in [0, 0.1) is 0 Å². The average Bonchev–Trinajstić information content (AvgIpc) is 1.90. The van der Waals surface area contributed by atoms with Crippen LogP contribution < -0.4 is 5.73 Å². The van der Waals surface area contributed by atoms with Crippen molar-refractivity contribution >= 4 is 14.2 Å². The van der Waals surface area contributed by atoms with Gasteiger partial charge in [0.05, 0.1) is 0 Å². The van der Waals surface area contributed by atoms with E-state index in [0.717, 1.165) is 14.2 Å². The quantitative estimate of drug-likeness (QED) is 0.430. The molecule has 0 fully saturated rings. The molecule has 0 bridgehead atoms. The molecule has 0 radical (unpaired) electrons. The van der Waals surface area contributed by atoms with E-state index in [2.05, 4.69) is 14.8 Å². The summed E-state index contributed by atoms with van der Waals surface area (Å²) in [5.74, 6) is 0. The van der Waals surface area contributed by atoms with Gasteiger partial charge in [-0.1, -0.05) is 0 Å². The first-order valence-electron chi connectivity index (χ1n) is 2.13. The van der Waals surface area contributed by atoms with Gasteiger partial charge in [0.25, 0.3) is 0 Å². The molecule has 1 amide bonds.